The third-order valence-electron chi connectivity index (χ3n) is 3.19. The first-order chi connectivity index (χ1) is 10.4. The van der Waals surface area contributed by atoms with Crippen LogP contribution in [0.15, 0.2) is 16.2 Å². The highest BCUT2D eigenvalue weighted by Gasteiger charge is 2.34. The van der Waals surface area contributed by atoms with Crippen LogP contribution in [-0.4, -0.2) is 44.8 Å². The van der Waals surface area contributed by atoms with Crippen molar-refractivity contribution < 1.29 is 14.1 Å². The highest BCUT2D eigenvalue weighted by atomic mass is 32.1. The second kappa shape index (κ2) is 5.68. The summed E-state index contributed by atoms with van der Waals surface area (Å²) in [6.07, 6.45) is 2.12. The molecule has 1 aliphatic rings. The summed E-state index contributed by atoms with van der Waals surface area (Å²) in [7, 11) is 0. The van der Waals surface area contributed by atoms with E-state index in [0.717, 1.165) is 4.88 Å². The molecule has 0 unspecified atom stereocenters. The lowest BCUT2D eigenvalue weighted by Gasteiger charge is -2.39. The quantitative estimate of drug-likeness (QED) is 0.864. The summed E-state index contributed by atoms with van der Waals surface area (Å²) < 4.78 is 10.6. The van der Waals surface area contributed by atoms with Gasteiger partial charge in [0.25, 0.3) is 0 Å². The Balaban J connectivity index is 1.49. The van der Waals surface area contributed by atoms with Gasteiger partial charge in [-0.25, -0.2) is 4.79 Å². The Hall–Kier alpha value is -1.96. The van der Waals surface area contributed by atoms with E-state index in [4.69, 9.17) is 9.26 Å². The van der Waals surface area contributed by atoms with Crippen molar-refractivity contribution in [1.29, 1.82) is 0 Å². The standard InChI is InChI=1S/C14H18N4O3S/c1-14(2,3)20-13(19)18-6-9(7-18)4-11-16-12(17-21-11)10-5-15-8-22-10/h5,8-9H,4,6-7H2,1-3H3. The monoisotopic (exact) mass is 322 g/mol. The van der Waals surface area contributed by atoms with Crippen LogP contribution in [0.25, 0.3) is 10.7 Å². The number of rotatable bonds is 3. The zero-order valence-corrected chi connectivity index (χ0v) is 13.6. The van der Waals surface area contributed by atoms with Gasteiger partial charge in [-0.05, 0) is 20.8 Å². The highest BCUT2D eigenvalue weighted by molar-refractivity contribution is 7.13. The van der Waals surface area contributed by atoms with Gasteiger partial charge in [-0.2, -0.15) is 4.98 Å². The van der Waals surface area contributed by atoms with E-state index in [-0.39, 0.29) is 6.09 Å². The molecule has 1 saturated heterocycles. The molecular weight excluding hydrogens is 304 g/mol. The summed E-state index contributed by atoms with van der Waals surface area (Å²) >= 11 is 1.47. The fraction of sp³-hybridized carbons (Fsp3) is 0.571. The minimum atomic E-state index is -0.460. The molecule has 0 aromatic carbocycles. The number of hydrogen-bond acceptors (Lipinski definition) is 7. The summed E-state index contributed by atoms with van der Waals surface area (Å²) in [5.41, 5.74) is 1.27. The van der Waals surface area contributed by atoms with E-state index in [0.29, 0.717) is 37.1 Å². The maximum atomic E-state index is 11.8. The van der Waals surface area contributed by atoms with E-state index in [2.05, 4.69) is 15.1 Å². The van der Waals surface area contributed by atoms with Gasteiger partial charge in [0.2, 0.25) is 11.7 Å². The molecule has 22 heavy (non-hydrogen) atoms. The average Bonchev–Trinajstić information content (AvgIpc) is 3.01. The van der Waals surface area contributed by atoms with E-state index in [1.165, 1.54) is 11.3 Å². The van der Waals surface area contributed by atoms with Crippen molar-refractivity contribution in [2.24, 2.45) is 5.92 Å². The van der Waals surface area contributed by atoms with E-state index < -0.39 is 5.60 Å². The van der Waals surface area contributed by atoms with Gasteiger partial charge in [0.15, 0.2) is 0 Å². The van der Waals surface area contributed by atoms with Gasteiger partial charge in [-0.3, -0.25) is 4.98 Å². The third-order valence-corrected chi connectivity index (χ3v) is 3.96. The number of aromatic nitrogens is 3. The highest BCUT2D eigenvalue weighted by Crippen LogP contribution is 2.24. The summed E-state index contributed by atoms with van der Waals surface area (Å²) in [6.45, 7) is 6.91. The number of nitrogens with zero attached hydrogens (tertiary/aromatic N) is 4. The van der Waals surface area contributed by atoms with Crippen LogP contribution in [0, 0.1) is 5.92 Å². The predicted molar refractivity (Wildman–Crippen MR) is 80.4 cm³/mol. The molecule has 2 aromatic rings. The Kier molecular flexibility index (Phi) is 3.86. The molecule has 0 saturated carbocycles. The van der Waals surface area contributed by atoms with Gasteiger partial charge in [0.05, 0.1) is 10.4 Å². The molecule has 0 radical (unpaired) electrons. The molecule has 3 heterocycles. The molecule has 0 atom stereocenters. The lowest BCUT2D eigenvalue weighted by atomic mass is 9.97. The van der Waals surface area contributed by atoms with Crippen molar-refractivity contribution in [3.63, 3.8) is 0 Å². The maximum Gasteiger partial charge on any atom is 0.410 e. The molecule has 3 rings (SSSR count). The third kappa shape index (κ3) is 3.44. The number of carbonyl (C=O) groups excluding carboxylic acids is 1. The lowest BCUT2D eigenvalue weighted by molar-refractivity contribution is -0.00186. The van der Waals surface area contributed by atoms with Crippen LogP contribution in [0.1, 0.15) is 26.7 Å². The van der Waals surface area contributed by atoms with Crippen LogP contribution in [0.2, 0.25) is 0 Å². The van der Waals surface area contributed by atoms with Crippen LogP contribution in [0.4, 0.5) is 4.79 Å². The average molecular weight is 322 g/mol. The van der Waals surface area contributed by atoms with Gasteiger partial charge >= 0.3 is 6.09 Å². The fourth-order valence-corrected chi connectivity index (χ4v) is 2.73. The van der Waals surface area contributed by atoms with E-state index >= 15 is 0 Å². The van der Waals surface area contributed by atoms with Crippen LogP contribution >= 0.6 is 11.3 Å². The smallest absolute Gasteiger partial charge is 0.410 e. The SMILES string of the molecule is CC(C)(C)OC(=O)N1CC(Cc2nc(-c3cncs3)no2)C1. The summed E-state index contributed by atoms with van der Waals surface area (Å²) in [5.74, 6) is 1.50. The topological polar surface area (TPSA) is 81.4 Å². The molecule has 0 bridgehead atoms. The minimum Gasteiger partial charge on any atom is -0.444 e. The van der Waals surface area contributed by atoms with Crippen molar-refractivity contribution in [3.05, 3.63) is 17.6 Å². The van der Waals surface area contributed by atoms with E-state index in [1.54, 1.807) is 16.6 Å². The molecule has 7 nitrogen and oxygen atoms in total. The molecule has 0 aliphatic carbocycles. The van der Waals surface area contributed by atoms with Gasteiger partial charge in [-0.15, -0.1) is 11.3 Å². The number of amides is 1. The summed E-state index contributed by atoms with van der Waals surface area (Å²) in [4.78, 5) is 22.8. The van der Waals surface area contributed by atoms with Crippen molar-refractivity contribution in [3.8, 4) is 10.7 Å². The normalized spacial score (nSPS) is 15.7. The molecule has 1 amide bonds. The minimum absolute atomic E-state index is 0.264. The first kappa shape index (κ1) is 15.0. The summed E-state index contributed by atoms with van der Waals surface area (Å²) in [5, 5.41) is 3.95. The zero-order valence-electron chi connectivity index (χ0n) is 12.8. The first-order valence-electron chi connectivity index (χ1n) is 7.10. The van der Waals surface area contributed by atoms with Crippen LogP contribution < -0.4 is 0 Å². The van der Waals surface area contributed by atoms with Gasteiger partial charge < -0.3 is 14.2 Å². The van der Waals surface area contributed by atoms with Gasteiger partial charge in [0.1, 0.15) is 5.60 Å². The number of ether oxygens (including phenoxy) is 1. The van der Waals surface area contributed by atoms with E-state index in [9.17, 15) is 4.79 Å². The molecule has 2 aromatic heterocycles. The van der Waals surface area contributed by atoms with Crippen molar-refractivity contribution in [2.45, 2.75) is 32.8 Å². The number of likely N-dealkylation sites (tertiary alicyclic amines) is 1. The second-order valence-electron chi connectivity index (χ2n) is 6.33. The number of carbonyl (C=O) groups is 1. The largest absolute Gasteiger partial charge is 0.444 e. The van der Waals surface area contributed by atoms with Crippen LogP contribution in [-0.2, 0) is 11.2 Å². The lowest BCUT2D eigenvalue weighted by Crippen LogP contribution is -2.52. The predicted octanol–water partition coefficient (Wildman–Crippen LogP) is 2.60. The number of hydrogen-bond donors (Lipinski definition) is 0. The van der Waals surface area contributed by atoms with Gasteiger partial charge in [0, 0.05) is 31.6 Å². The van der Waals surface area contributed by atoms with E-state index in [1.807, 2.05) is 20.8 Å². The molecular formula is C14H18N4O3S. The van der Waals surface area contributed by atoms with Crippen LogP contribution in [0.5, 0.6) is 0 Å². The van der Waals surface area contributed by atoms with Crippen molar-refractivity contribution >= 4 is 17.4 Å². The number of thiazole rings is 1. The fourth-order valence-electron chi connectivity index (χ4n) is 2.19. The summed E-state index contributed by atoms with van der Waals surface area (Å²) in [6, 6.07) is 0. The maximum absolute atomic E-state index is 11.8. The van der Waals surface area contributed by atoms with Crippen molar-refractivity contribution in [1.82, 2.24) is 20.0 Å². The van der Waals surface area contributed by atoms with Crippen LogP contribution in [0.3, 0.4) is 0 Å². The second-order valence-corrected chi connectivity index (χ2v) is 7.22. The molecule has 1 aliphatic heterocycles. The first-order valence-corrected chi connectivity index (χ1v) is 7.98. The van der Waals surface area contributed by atoms with Crippen molar-refractivity contribution in [2.75, 3.05) is 13.1 Å². The Morgan fingerprint density at radius 3 is 2.91 bits per heavy atom. The Bertz CT molecular complexity index is 641. The Labute approximate surface area is 132 Å². The molecule has 0 spiro atoms. The Morgan fingerprint density at radius 1 is 1.50 bits per heavy atom. The Morgan fingerprint density at radius 2 is 2.27 bits per heavy atom. The molecule has 118 valence electrons. The molecule has 1 fully saturated rings. The zero-order chi connectivity index (χ0) is 15.7. The molecule has 0 N–H and O–H groups in total. The van der Waals surface area contributed by atoms with Gasteiger partial charge in [-0.1, -0.05) is 5.16 Å². The molecule has 8 heteroatoms.